The van der Waals surface area contributed by atoms with Crippen molar-refractivity contribution in [1.82, 2.24) is 4.90 Å². The lowest BCUT2D eigenvalue weighted by molar-refractivity contribution is -0.117. The second-order valence-corrected chi connectivity index (χ2v) is 5.66. The topological polar surface area (TPSA) is 52.6 Å². The molecule has 4 heteroatoms. The van der Waals surface area contributed by atoms with Crippen LogP contribution in [0.5, 0.6) is 0 Å². The van der Waals surface area contributed by atoms with Crippen LogP contribution in [0.4, 0.5) is 5.69 Å². The molecule has 0 saturated heterocycles. The molecule has 4 nitrogen and oxygen atoms in total. The van der Waals surface area contributed by atoms with Crippen molar-refractivity contribution in [3.8, 4) is 0 Å². The molecule has 0 heterocycles. The molecule has 0 atom stereocenters. The number of para-hydroxylation sites is 1. The lowest BCUT2D eigenvalue weighted by Gasteiger charge is -2.30. The van der Waals surface area contributed by atoms with Crippen LogP contribution in [0.2, 0.25) is 0 Å². The molecule has 0 bridgehead atoms. The quantitative estimate of drug-likeness (QED) is 0.774. The summed E-state index contributed by atoms with van der Waals surface area (Å²) in [6.45, 7) is 6.78. The number of amides is 1. The smallest absolute Gasteiger partial charge is 0.238 e. The van der Waals surface area contributed by atoms with Crippen molar-refractivity contribution in [3.63, 3.8) is 0 Å². The van der Waals surface area contributed by atoms with Crippen LogP contribution >= 0.6 is 0 Å². The molecule has 1 aromatic rings. The maximum Gasteiger partial charge on any atom is 0.238 e. The molecule has 1 rings (SSSR count). The Hall–Kier alpha value is -1.39. The van der Waals surface area contributed by atoms with E-state index in [0.29, 0.717) is 19.4 Å². The van der Waals surface area contributed by atoms with E-state index < -0.39 is 5.60 Å². The van der Waals surface area contributed by atoms with E-state index in [1.54, 1.807) is 0 Å². The molecule has 0 fully saturated rings. The summed E-state index contributed by atoms with van der Waals surface area (Å²) in [5.41, 5.74) is 1.29. The molecular weight excluding hydrogens is 264 g/mol. The number of hydrogen-bond donors (Lipinski definition) is 2. The number of nitrogens with zero attached hydrogens (tertiary/aromatic N) is 1. The minimum absolute atomic E-state index is 0.0482. The molecule has 0 aliphatic carbocycles. The summed E-state index contributed by atoms with van der Waals surface area (Å²) in [6.07, 6.45) is 2.26. The monoisotopic (exact) mass is 292 g/mol. The number of carbonyl (C=O) groups excluding carboxylic acids is 1. The predicted molar refractivity (Wildman–Crippen MR) is 87.5 cm³/mol. The van der Waals surface area contributed by atoms with Crippen molar-refractivity contribution in [2.24, 2.45) is 0 Å². The van der Waals surface area contributed by atoms with Gasteiger partial charge in [-0.25, -0.2) is 0 Å². The average molecular weight is 292 g/mol. The highest BCUT2D eigenvalue weighted by atomic mass is 16.3. The molecule has 1 amide bonds. The van der Waals surface area contributed by atoms with E-state index >= 15 is 0 Å². The summed E-state index contributed by atoms with van der Waals surface area (Å²) in [6, 6.07) is 7.84. The largest absolute Gasteiger partial charge is 0.389 e. The van der Waals surface area contributed by atoms with E-state index in [1.165, 1.54) is 0 Å². The zero-order valence-electron chi connectivity index (χ0n) is 13.6. The highest BCUT2D eigenvalue weighted by Crippen LogP contribution is 2.17. The molecule has 0 radical (unpaired) electrons. The summed E-state index contributed by atoms with van der Waals surface area (Å²) in [5, 5.41) is 13.3. The van der Waals surface area contributed by atoms with Gasteiger partial charge in [0.1, 0.15) is 0 Å². The van der Waals surface area contributed by atoms with Gasteiger partial charge < -0.3 is 10.4 Å². The third-order valence-electron chi connectivity index (χ3n) is 3.97. The molecule has 0 aliphatic heterocycles. The van der Waals surface area contributed by atoms with E-state index in [4.69, 9.17) is 0 Å². The second-order valence-electron chi connectivity index (χ2n) is 5.66. The number of hydrogen-bond acceptors (Lipinski definition) is 3. The third kappa shape index (κ3) is 5.48. The van der Waals surface area contributed by atoms with Crippen LogP contribution < -0.4 is 5.32 Å². The zero-order chi connectivity index (χ0) is 15.9. The van der Waals surface area contributed by atoms with E-state index in [9.17, 15) is 9.90 Å². The fourth-order valence-corrected chi connectivity index (χ4v) is 2.42. The molecule has 1 aromatic carbocycles. The Morgan fingerprint density at radius 1 is 1.24 bits per heavy atom. The average Bonchev–Trinajstić information content (AvgIpc) is 2.47. The van der Waals surface area contributed by atoms with E-state index in [0.717, 1.165) is 17.7 Å². The fraction of sp³-hybridized carbons (Fsp3) is 0.588. The van der Waals surface area contributed by atoms with Gasteiger partial charge in [-0.1, -0.05) is 39.0 Å². The Morgan fingerprint density at radius 3 is 2.43 bits per heavy atom. The summed E-state index contributed by atoms with van der Waals surface area (Å²) < 4.78 is 0. The zero-order valence-corrected chi connectivity index (χ0v) is 13.6. The van der Waals surface area contributed by atoms with Gasteiger partial charge in [0, 0.05) is 12.2 Å². The molecule has 118 valence electrons. The number of likely N-dealkylation sites (N-methyl/N-ethyl adjacent to an activating group) is 1. The Balaban J connectivity index is 2.57. The lowest BCUT2D eigenvalue weighted by Crippen LogP contribution is -2.43. The number of carbonyl (C=O) groups is 1. The molecule has 0 unspecified atom stereocenters. The first kappa shape index (κ1) is 17.7. The molecule has 0 saturated carbocycles. The van der Waals surface area contributed by atoms with Gasteiger partial charge in [-0.2, -0.15) is 0 Å². The van der Waals surface area contributed by atoms with Crippen LogP contribution in [-0.2, 0) is 11.2 Å². The van der Waals surface area contributed by atoms with Gasteiger partial charge in [-0.05, 0) is 37.9 Å². The SMILES string of the molecule is CCc1ccccc1NC(=O)CN(C)CC(O)(CC)CC. The first-order chi connectivity index (χ1) is 9.94. The van der Waals surface area contributed by atoms with Crippen molar-refractivity contribution in [2.75, 3.05) is 25.5 Å². The summed E-state index contributed by atoms with van der Waals surface area (Å²) in [7, 11) is 1.86. The summed E-state index contributed by atoms with van der Waals surface area (Å²) >= 11 is 0. The predicted octanol–water partition coefficient (Wildman–Crippen LogP) is 2.67. The Morgan fingerprint density at radius 2 is 1.86 bits per heavy atom. The van der Waals surface area contributed by atoms with E-state index in [-0.39, 0.29) is 12.5 Å². The van der Waals surface area contributed by atoms with Gasteiger partial charge in [0.15, 0.2) is 0 Å². The van der Waals surface area contributed by atoms with Crippen LogP contribution in [0.3, 0.4) is 0 Å². The van der Waals surface area contributed by atoms with Crippen LogP contribution in [0.1, 0.15) is 39.2 Å². The second kappa shape index (κ2) is 8.15. The van der Waals surface area contributed by atoms with Gasteiger partial charge >= 0.3 is 0 Å². The van der Waals surface area contributed by atoms with Crippen LogP contribution in [-0.4, -0.2) is 41.7 Å². The Labute approximate surface area is 128 Å². The number of benzene rings is 1. The van der Waals surface area contributed by atoms with Gasteiger partial charge in [0.05, 0.1) is 12.1 Å². The minimum atomic E-state index is -0.712. The lowest BCUT2D eigenvalue weighted by atomic mass is 9.97. The number of rotatable bonds is 8. The standard InChI is InChI=1S/C17H28N2O2/c1-5-14-10-8-9-11-15(14)18-16(20)12-19(4)13-17(21,6-2)7-3/h8-11,21H,5-7,12-13H2,1-4H3,(H,18,20). The fourth-order valence-electron chi connectivity index (χ4n) is 2.42. The van der Waals surface area contributed by atoms with Crippen molar-refractivity contribution in [2.45, 2.75) is 45.6 Å². The third-order valence-corrected chi connectivity index (χ3v) is 3.97. The van der Waals surface area contributed by atoms with Crippen molar-refractivity contribution in [1.29, 1.82) is 0 Å². The summed E-state index contributed by atoms with van der Waals surface area (Å²) in [4.78, 5) is 14.0. The van der Waals surface area contributed by atoms with Crippen molar-refractivity contribution < 1.29 is 9.90 Å². The molecule has 2 N–H and O–H groups in total. The molecule has 0 aliphatic rings. The molecular formula is C17H28N2O2. The van der Waals surface area contributed by atoms with Gasteiger partial charge in [-0.15, -0.1) is 0 Å². The van der Waals surface area contributed by atoms with Crippen molar-refractivity contribution in [3.05, 3.63) is 29.8 Å². The number of nitrogens with one attached hydrogen (secondary N) is 1. The highest BCUT2D eigenvalue weighted by molar-refractivity contribution is 5.92. The minimum Gasteiger partial charge on any atom is -0.389 e. The number of aryl methyl sites for hydroxylation is 1. The van der Waals surface area contributed by atoms with Gasteiger partial charge in [-0.3, -0.25) is 9.69 Å². The van der Waals surface area contributed by atoms with Crippen molar-refractivity contribution >= 4 is 11.6 Å². The van der Waals surface area contributed by atoms with Crippen LogP contribution in [0.15, 0.2) is 24.3 Å². The van der Waals surface area contributed by atoms with Crippen LogP contribution in [0, 0.1) is 0 Å². The van der Waals surface area contributed by atoms with E-state index in [1.807, 2.05) is 50.1 Å². The summed E-state index contributed by atoms with van der Waals surface area (Å²) in [5.74, 6) is -0.0482. The van der Waals surface area contributed by atoms with E-state index in [2.05, 4.69) is 12.2 Å². The normalized spacial score (nSPS) is 11.7. The molecule has 21 heavy (non-hydrogen) atoms. The maximum atomic E-state index is 12.1. The first-order valence-corrected chi connectivity index (χ1v) is 7.72. The Kier molecular flexibility index (Phi) is 6.85. The first-order valence-electron chi connectivity index (χ1n) is 7.72. The van der Waals surface area contributed by atoms with Gasteiger partial charge in [0.2, 0.25) is 5.91 Å². The Bertz CT molecular complexity index is 456. The maximum absolute atomic E-state index is 12.1. The van der Waals surface area contributed by atoms with Gasteiger partial charge in [0.25, 0.3) is 0 Å². The number of anilines is 1. The number of aliphatic hydroxyl groups is 1. The molecule has 0 spiro atoms. The molecule has 0 aromatic heterocycles. The van der Waals surface area contributed by atoms with Crippen LogP contribution in [0.25, 0.3) is 0 Å². The highest BCUT2D eigenvalue weighted by Gasteiger charge is 2.24.